The summed E-state index contributed by atoms with van der Waals surface area (Å²) in [6.07, 6.45) is 0.767. The SMILES string of the molecule is COC(=O)C1(C(=O)OC)CC(CC(=O)OCC[Si](C)(C)C)C(C(C)(C)C)C1. The highest BCUT2D eigenvalue weighted by atomic mass is 28.3. The summed E-state index contributed by atoms with van der Waals surface area (Å²) in [5.41, 5.74) is -1.52. The van der Waals surface area contributed by atoms with E-state index < -0.39 is 25.4 Å². The molecule has 1 saturated carbocycles. The second-order valence-electron chi connectivity index (χ2n) is 9.94. The lowest BCUT2D eigenvalue weighted by Crippen LogP contribution is -2.39. The molecule has 0 saturated heterocycles. The van der Waals surface area contributed by atoms with E-state index in [2.05, 4.69) is 40.4 Å². The molecule has 156 valence electrons. The van der Waals surface area contributed by atoms with Gasteiger partial charge in [-0.2, -0.15) is 0 Å². The van der Waals surface area contributed by atoms with E-state index in [4.69, 9.17) is 14.2 Å². The zero-order valence-corrected chi connectivity index (χ0v) is 19.1. The van der Waals surface area contributed by atoms with Crippen LogP contribution in [0.3, 0.4) is 0 Å². The van der Waals surface area contributed by atoms with Gasteiger partial charge in [0.2, 0.25) is 0 Å². The molecule has 1 rings (SSSR count). The first-order valence-corrected chi connectivity index (χ1v) is 13.3. The summed E-state index contributed by atoms with van der Waals surface area (Å²) >= 11 is 0. The molecule has 0 aliphatic heterocycles. The monoisotopic (exact) mass is 400 g/mol. The van der Waals surface area contributed by atoms with E-state index in [0.29, 0.717) is 13.0 Å². The minimum absolute atomic E-state index is 0.000223. The molecule has 7 heteroatoms. The topological polar surface area (TPSA) is 78.9 Å². The molecule has 0 radical (unpaired) electrons. The van der Waals surface area contributed by atoms with Crippen molar-refractivity contribution in [3.05, 3.63) is 0 Å². The largest absolute Gasteiger partial charge is 0.468 e. The van der Waals surface area contributed by atoms with Crippen molar-refractivity contribution in [3.63, 3.8) is 0 Å². The van der Waals surface area contributed by atoms with Crippen molar-refractivity contribution >= 4 is 26.0 Å². The zero-order chi connectivity index (χ0) is 21.0. The predicted octanol–water partition coefficient (Wildman–Crippen LogP) is 3.66. The number of ether oxygens (including phenoxy) is 3. The highest BCUT2D eigenvalue weighted by Gasteiger charge is 2.59. The molecule has 27 heavy (non-hydrogen) atoms. The van der Waals surface area contributed by atoms with Crippen LogP contribution in [0.25, 0.3) is 0 Å². The zero-order valence-electron chi connectivity index (χ0n) is 18.1. The number of carbonyl (C=O) groups is 3. The van der Waals surface area contributed by atoms with Gasteiger partial charge >= 0.3 is 17.9 Å². The molecule has 1 fully saturated rings. The summed E-state index contributed by atoms with van der Waals surface area (Å²) in [5, 5.41) is 0. The number of rotatable bonds is 7. The Kier molecular flexibility index (Phi) is 7.67. The van der Waals surface area contributed by atoms with Crippen molar-refractivity contribution in [1.29, 1.82) is 0 Å². The molecule has 0 aromatic heterocycles. The van der Waals surface area contributed by atoms with Gasteiger partial charge in [0.05, 0.1) is 20.8 Å². The molecule has 1 aliphatic rings. The minimum Gasteiger partial charge on any atom is -0.468 e. The molecule has 0 aromatic carbocycles. The molecule has 0 heterocycles. The van der Waals surface area contributed by atoms with Gasteiger partial charge in [-0.15, -0.1) is 0 Å². The number of methoxy groups -OCH3 is 2. The molecule has 2 atom stereocenters. The van der Waals surface area contributed by atoms with Crippen molar-refractivity contribution in [1.82, 2.24) is 0 Å². The molecule has 1 aliphatic carbocycles. The van der Waals surface area contributed by atoms with Crippen LogP contribution in [0.1, 0.15) is 40.0 Å². The van der Waals surface area contributed by atoms with Gasteiger partial charge in [-0.25, -0.2) is 0 Å². The van der Waals surface area contributed by atoms with Crippen LogP contribution in [0, 0.1) is 22.7 Å². The third kappa shape index (κ3) is 6.06. The molecule has 0 N–H and O–H groups in total. The third-order valence-electron chi connectivity index (χ3n) is 5.56. The Morgan fingerprint density at radius 3 is 1.93 bits per heavy atom. The van der Waals surface area contributed by atoms with Gasteiger partial charge in [-0.1, -0.05) is 40.4 Å². The Labute approximate surface area is 164 Å². The number of hydrogen-bond acceptors (Lipinski definition) is 6. The summed E-state index contributed by atoms with van der Waals surface area (Å²) in [6, 6.07) is 0.917. The van der Waals surface area contributed by atoms with Crippen molar-refractivity contribution in [2.75, 3.05) is 20.8 Å². The summed E-state index contributed by atoms with van der Waals surface area (Å²) in [7, 11) is 1.28. The lowest BCUT2D eigenvalue weighted by Gasteiger charge is -2.32. The van der Waals surface area contributed by atoms with Crippen molar-refractivity contribution in [3.8, 4) is 0 Å². The Morgan fingerprint density at radius 2 is 1.52 bits per heavy atom. The highest BCUT2D eigenvalue weighted by Crippen LogP contribution is 2.54. The molecular weight excluding hydrogens is 364 g/mol. The van der Waals surface area contributed by atoms with Crippen LogP contribution in [0.4, 0.5) is 0 Å². The Bertz CT molecular complexity index is 542. The van der Waals surface area contributed by atoms with Crippen molar-refractivity contribution in [2.45, 2.75) is 65.7 Å². The average molecular weight is 401 g/mol. The maximum atomic E-state index is 12.5. The minimum atomic E-state index is -1.34. The number of esters is 3. The Hall–Kier alpha value is -1.37. The maximum absolute atomic E-state index is 12.5. The van der Waals surface area contributed by atoms with Crippen LogP contribution >= 0.6 is 0 Å². The van der Waals surface area contributed by atoms with Crippen LogP contribution in [-0.2, 0) is 28.6 Å². The standard InChI is InChI=1S/C20H36O6Si/c1-19(2,3)15-13-20(17(22)24-4,18(23)25-5)12-14(15)11-16(21)26-9-10-27(6,7)8/h14-15H,9-13H2,1-8H3. The quantitative estimate of drug-likeness (QED) is 0.281. The van der Waals surface area contributed by atoms with Gasteiger partial charge in [-0.05, 0) is 36.1 Å². The van der Waals surface area contributed by atoms with E-state index in [-0.39, 0.29) is 36.1 Å². The molecule has 0 spiro atoms. The maximum Gasteiger partial charge on any atom is 0.323 e. The first-order valence-electron chi connectivity index (χ1n) is 9.59. The fourth-order valence-corrected chi connectivity index (χ4v) is 4.71. The van der Waals surface area contributed by atoms with Crippen molar-refractivity contribution in [2.24, 2.45) is 22.7 Å². The van der Waals surface area contributed by atoms with Gasteiger partial charge in [0.25, 0.3) is 0 Å². The van der Waals surface area contributed by atoms with Gasteiger partial charge < -0.3 is 14.2 Å². The first-order chi connectivity index (χ1) is 12.3. The van der Waals surface area contributed by atoms with Crippen LogP contribution in [0.2, 0.25) is 25.7 Å². The van der Waals surface area contributed by atoms with E-state index in [1.165, 1.54) is 14.2 Å². The summed E-state index contributed by atoms with van der Waals surface area (Å²) in [5.74, 6) is -1.57. The fraction of sp³-hybridized carbons (Fsp3) is 0.850. The van der Waals surface area contributed by atoms with Crippen LogP contribution < -0.4 is 0 Å². The van der Waals surface area contributed by atoms with E-state index in [9.17, 15) is 14.4 Å². The van der Waals surface area contributed by atoms with E-state index in [1.54, 1.807) is 0 Å². The lowest BCUT2D eigenvalue weighted by molar-refractivity contribution is -0.169. The summed E-state index contributed by atoms with van der Waals surface area (Å²) < 4.78 is 15.3. The lowest BCUT2D eigenvalue weighted by atomic mass is 9.73. The molecule has 0 amide bonds. The smallest absolute Gasteiger partial charge is 0.323 e. The van der Waals surface area contributed by atoms with E-state index in [0.717, 1.165) is 6.04 Å². The van der Waals surface area contributed by atoms with E-state index in [1.807, 2.05) is 0 Å². The van der Waals surface area contributed by atoms with Crippen molar-refractivity contribution < 1.29 is 28.6 Å². The molecule has 6 nitrogen and oxygen atoms in total. The normalized spacial score (nSPS) is 22.2. The second-order valence-corrected chi connectivity index (χ2v) is 15.6. The average Bonchev–Trinajstić information content (AvgIpc) is 2.92. The fourth-order valence-electron chi connectivity index (χ4n) is 3.99. The highest BCUT2D eigenvalue weighted by molar-refractivity contribution is 6.76. The molecule has 0 aromatic rings. The van der Waals surface area contributed by atoms with Crippen LogP contribution in [0.5, 0.6) is 0 Å². The molecular formula is C20H36O6Si. The number of carbonyl (C=O) groups excluding carboxylic acids is 3. The second kappa shape index (κ2) is 8.75. The summed E-state index contributed by atoms with van der Waals surface area (Å²) in [6.45, 7) is 13.3. The summed E-state index contributed by atoms with van der Waals surface area (Å²) in [4.78, 5) is 37.4. The Morgan fingerprint density at radius 1 is 1.00 bits per heavy atom. The first kappa shape index (κ1) is 23.7. The number of hydrogen-bond donors (Lipinski definition) is 0. The van der Waals surface area contributed by atoms with Gasteiger partial charge in [0, 0.05) is 14.5 Å². The Balaban J connectivity index is 2.97. The third-order valence-corrected chi connectivity index (χ3v) is 7.26. The molecule has 0 bridgehead atoms. The van der Waals surface area contributed by atoms with Gasteiger partial charge in [-0.3, -0.25) is 14.4 Å². The van der Waals surface area contributed by atoms with Gasteiger partial charge in [0.1, 0.15) is 0 Å². The van der Waals surface area contributed by atoms with Crippen LogP contribution in [-0.4, -0.2) is 46.8 Å². The molecule has 2 unspecified atom stereocenters. The predicted molar refractivity (Wildman–Crippen MR) is 106 cm³/mol. The van der Waals surface area contributed by atoms with E-state index >= 15 is 0 Å². The van der Waals surface area contributed by atoms with Gasteiger partial charge in [0.15, 0.2) is 5.41 Å². The van der Waals surface area contributed by atoms with Crippen LogP contribution in [0.15, 0.2) is 0 Å².